The zero-order valence-electron chi connectivity index (χ0n) is 14.0. The molecule has 4 atom stereocenters. The molecule has 0 amide bonds. The van der Waals surface area contributed by atoms with Crippen LogP contribution in [-0.4, -0.2) is 21.0 Å². The van der Waals surface area contributed by atoms with E-state index in [1.54, 1.807) is 0 Å². The minimum absolute atomic E-state index is 0.849. The van der Waals surface area contributed by atoms with Gasteiger partial charge >= 0.3 is 0 Å². The van der Waals surface area contributed by atoms with Crippen molar-refractivity contribution in [3.05, 3.63) is 12.7 Å². The van der Waals surface area contributed by atoms with Crippen LogP contribution in [-0.2, 0) is 0 Å². The van der Waals surface area contributed by atoms with Gasteiger partial charge < -0.3 is 0 Å². The van der Waals surface area contributed by atoms with Gasteiger partial charge in [0.05, 0.1) is 0 Å². The Morgan fingerprint density at radius 2 is 1.45 bits per heavy atom. The van der Waals surface area contributed by atoms with Crippen molar-refractivity contribution in [2.45, 2.75) is 98.6 Å². The molecular formula is C18H32S4. The molecule has 2 aliphatic rings. The van der Waals surface area contributed by atoms with Gasteiger partial charge in [0.1, 0.15) is 0 Å². The van der Waals surface area contributed by atoms with Crippen LogP contribution in [0.5, 0.6) is 0 Å². The van der Waals surface area contributed by atoms with E-state index in [2.05, 4.69) is 62.8 Å². The van der Waals surface area contributed by atoms with E-state index in [0.29, 0.717) is 0 Å². The Morgan fingerprint density at radius 1 is 0.818 bits per heavy atom. The van der Waals surface area contributed by atoms with Crippen molar-refractivity contribution in [2.24, 2.45) is 0 Å². The lowest BCUT2D eigenvalue weighted by molar-refractivity contribution is 0.552. The Balaban J connectivity index is 1.70. The first-order valence-corrected chi connectivity index (χ1v) is 13.6. The van der Waals surface area contributed by atoms with Crippen LogP contribution in [0.15, 0.2) is 12.7 Å². The van der Waals surface area contributed by atoms with E-state index in [0.717, 1.165) is 21.0 Å². The predicted octanol–water partition coefficient (Wildman–Crippen LogP) is 7.75. The van der Waals surface area contributed by atoms with Crippen molar-refractivity contribution in [1.82, 2.24) is 0 Å². The molecule has 0 aromatic carbocycles. The molecule has 4 heteroatoms. The minimum Gasteiger partial charge on any atom is -0.103 e. The van der Waals surface area contributed by atoms with Crippen LogP contribution < -0.4 is 0 Å². The molecule has 0 N–H and O–H groups in total. The van der Waals surface area contributed by atoms with Crippen molar-refractivity contribution in [3.8, 4) is 0 Å². The van der Waals surface area contributed by atoms with Crippen LogP contribution >= 0.6 is 43.2 Å². The quantitative estimate of drug-likeness (QED) is 0.355. The molecule has 128 valence electrons. The predicted molar refractivity (Wildman–Crippen MR) is 112 cm³/mol. The Bertz CT molecular complexity index is 299. The number of hydrogen-bond donors (Lipinski definition) is 0. The average Bonchev–Trinajstić information content (AvgIpc) is 2.54. The largest absolute Gasteiger partial charge is 0.103 e. The molecule has 2 rings (SSSR count). The molecule has 2 saturated heterocycles. The first kappa shape index (κ1) is 19.5. The summed E-state index contributed by atoms with van der Waals surface area (Å²) in [7, 11) is 8.76. The van der Waals surface area contributed by atoms with Crippen LogP contribution in [0.2, 0.25) is 0 Å². The van der Waals surface area contributed by atoms with E-state index >= 15 is 0 Å². The second-order valence-corrected chi connectivity index (χ2v) is 12.6. The van der Waals surface area contributed by atoms with Gasteiger partial charge in [-0.2, -0.15) is 0 Å². The first-order valence-electron chi connectivity index (χ1n) is 9.03. The fourth-order valence-electron chi connectivity index (χ4n) is 3.16. The van der Waals surface area contributed by atoms with E-state index in [1.165, 1.54) is 70.6 Å². The summed E-state index contributed by atoms with van der Waals surface area (Å²) in [6.07, 6.45) is 17.6. The maximum atomic E-state index is 3.85. The first-order chi connectivity index (χ1) is 10.8. The summed E-state index contributed by atoms with van der Waals surface area (Å²) in [5.41, 5.74) is 0. The van der Waals surface area contributed by atoms with Gasteiger partial charge in [-0.3, -0.25) is 0 Å². The lowest BCUT2D eigenvalue weighted by Gasteiger charge is -2.30. The van der Waals surface area contributed by atoms with Gasteiger partial charge in [-0.25, -0.2) is 0 Å². The second-order valence-electron chi connectivity index (χ2n) is 6.73. The van der Waals surface area contributed by atoms with E-state index in [9.17, 15) is 0 Å². The molecule has 0 aliphatic carbocycles. The van der Waals surface area contributed by atoms with Crippen LogP contribution in [0.1, 0.15) is 77.6 Å². The maximum Gasteiger partial charge on any atom is 0.0162 e. The minimum atomic E-state index is 0.849. The summed E-state index contributed by atoms with van der Waals surface area (Å²) in [4.78, 5) is 0. The fourth-order valence-corrected chi connectivity index (χ4v) is 9.68. The van der Waals surface area contributed by atoms with Crippen LogP contribution in [0.25, 0.3) is 0 Å². The third kappa shape index (κ3) is 7.81. The lowest BCUT2D eigenvalue weighted by Crippen LogP contribution is -2.18. The molecule has 2 aliphatic heterocycles. The van der Waals surface area contributed by atoms with Crippen molar-refractivity contribution < 1.29 is 0 Å². The van der Waals surface area contributed by atoms with Gasteiger partial charge in [0.2, 0.25) is 0 Å². The monoisotopic (exact) mass is 376 g/mol. The average molecular weight is 377 g/mol. The molecule has 0 bridgehead atoms. The molecule has 0 saturated carbocycles. The van der Waals surface area contributed by atoms with Crippen LogP contribution in [0.3, 0.4) is 0 Å². The molecule has 4 unspecified atom stereocenters. The lowest BCUT2D eigenvalue weighted by atomic mass is 10.0. The SMILES string of the molecule is C=CCCC1CCC(CC2CCCCCCC(C)SS2)SS1. The molecule has 2 fully saturated rings. The molecule has 2 heterocycles. The number of rotatable bonds is 5. The third-order valence-corrected chi connectivity index (χ3v) is 11.6. The second kappa shape index (κ2) is 11.7. The Morgan fingerprint density at radius 3 is 2.18 bits per heavy atom. The summed E-state index contributed by atoms with van der Waals surface area (Å²) >= 11 is 0. The van der Waals surface area contributed by atoms with Gasteiger partial charge in [-0.1, -0.05) is 81.9 Å². The summed E-state index contributed by atoms with van der Waals surface area (Å²) in [6.45, 7) is 6.28. The molecule has 22 heavy (non-hydrogen) atoms. The van der Waals surface area contributed by atoms with E-state index < -0.39 is 0 Å². The zero-order chi connectivity index (χ0) is 15.6. The Labute approximate surface area is 154 Å². The smallest absolute Gasteiger partial charge is 0.0162 e. The fraction of sp³-hybridized carbons (Fsp3) is 0.889. The topological polar surface area (TPSA) is 0 Å². The van der Waals surface area contributed by atoms with Crippen molar-refractivity contribution >= 4 is 43.2 Å². The number of allylic oxidation sites excluding steroid dienone is 1. The van der Waals surface area contributed by atoms with Gasteiger partial charge in [-0.05, 0) is 44.9 Å². The molecule has 0 nitrogen and oxygen atoms in total. The highest BCUT2D eigenvalue weighted by atomic mass is 33.1. The Kier molecular flexibility index (Phi) is 10.3. The summed E-state index contributed by atoms with van der Waals surface area (Å²) < 4.78 is 0. The van der Waals surface area contributed by atoms with Crippen LogP contribution in [0.4, 0.5) is 0 Å². The van der Waals surface area contributed by atoms with Gasteiger partial charge in [0.15, 0.2) is 0 Å². The number of hydrogen-bond acceptors (Lipinski definition) is 4. The molecule has 0 spiro atoms. The van der Waals surface area contributed by atoms with Gasteiger partial charge in [0, 0.05) is 21.0 Å². The molecule has 0 radical (unpaired) electrons. The summed E-state index contributed by atoms with van der Waals surface area (Å²) in [5.74, 6) is 0. The van der Waals surface area contributed by atoms with E-state index in [-0.39, 0.29) is 0 Å². The van der Waals surface area contributed by atoms with Crippen molar-refractivity contribution in [2.75, 3.05) is 0 Å². The third-order valence-electron chi connectivity index (χ3n) is 4.60. The molecule has 0 aromatic rings. The van der Waals surface area contributed by atoms with E-state index in [4.69, 9.17) is 0 Å². The zero-order valence-corrected chi connectivity index (χ0v) is 17.3. The summed E-state index contributed by atoms with van der Waals surface area (Å²) in [5, 5.41) is 3.53. The summed E-state index contributed by atoms with van der Waals surface area (Å²) in [6, 6.07) is 0. The standard InChI is InChI=1S/C18H32S4/c1-3-4-10-16-12-13-18(22-20-16)14-17-11-8-6-5-7-9-15(2)19-21-17/h3,15-18H,1,4-14H2,2H3. The normalized spacial score (nSPS) is 35.0. The van der Waals surface area contributed by atoms with Gasteiger partial charge in [-0.15, -0.1) is 6.58 Å². The van der Waals surface area contributed by atoms with Crippen LogP contribution in [0, 0.1) is 0 Å². The maximum absolute atomic E-state index is 3.85. The molecular weight excluding hydrogens is 344 g/mol. The highest BCUT2D eigenvalue weighted by molar-refractivity contribution is 8.77. The van der Waals surface area contributed by atoms with E-state index in [1.807, 2.05) is 0 Å². The highest BCUT2D eigenvalue weighted by Gasteiger charge is 2.25. The Hall–Kier alpha value is 1.14. The van der Waals surface area contributed by atoms with Crippen molar-refractivity contribution in [3.63, 3.8) is 0 Å². The van der Waals surface area contributed by atoms with Gasteiger partial charge in [0.25, 0.3) is 0 Å². The van der Waals surface area contributed by atoms with Crippen molar-refractivity contribution in [1.29, 1.82) is 0 Å². The highest BCUT2D eigenvalue weighted by Crippen LogP contribution is 2.47. The molecule has 0 aromatic heterocycles.